The van der Waals surface area contributed by atoms with Crippen LogP contribution in [-0.2, 0) is 14.2 Å². The standard InChI is InChI=1S/C11H17O3PS5/c1-4-10(12)17-6-8-19-15(14,16-3)20-9-7-18-11(13)5-2/h4-5H,1-2,6-9H2,3H3. The van der Waals surface area contributed by atoms with Crippen molar-refractivity contribution in [3.05, 3.63) is 25.3 Å². The van der Waals surface area contributed by atoms with E-state index in [0.717, 1.165) is 0 Å². The molecule has 0 bridgehead atoms. The van der Waals surface area contributed by atoms with E-state index in [-0.39, 0.29) is 10.2 Å². The van der Waals surface area contributed by atoms with Crippen LogP contribution in [-0.4, -0.2) is 39.5 Å². The maximum Gasteiger partial charge on any atom is 0.243 e. The monoisotopic (exact) mass is 388 g/mol. The lowest BCUT2D eigenvalue weighted by Crippen LogP contribution is -1.91. The minimum absolute atomic E-state index is 0.0587. The quantitative estimate of drug-likeness (QED) is 0.284. The Morgan fingerprint density at radius 2 is 1.35 bits per heavy atom. The third-order valence-electron chi connectivity index (χ3n) is 1.71. The summed E-state index contributed by atoms with van der Waals surface area (Å²) in [5, 5.41) is -0.117. The minimum Gasteiger partial charge on any atom is -0.289 e. The second kappa shape index (κ2) is 12.4. The van der Waals surface area contributed by atoms with Gasteiger partial charge in [0.2, 0.25) is 15.0 Å². The lowest BCUT2D eigenvalue weighted by atomic mass is 10.7. The van der Waals surface area contributed by atoms with Crippen LogP contribution in [0.15, 0.2) is 25.3 Å². The Bertz CT molecular complexity index is 368. The van der Waals surface area contributed by atoms with E-state index in [2.05, 4.69) is 13.2 Å². The van der Waals surface area contributed by atoms with E-state index in [4.69, 9.17) is 0 Å². The van der Waals surface area contributed by atoms with Gasteiger partial charge in [0.05, 0.1) is 0 Å². The Balaban J connectivity index is 3.92. The minimum atomic E-state index is -2.39. The summed E-state index contributed by atoms with van der Waals surface area (Å²) in [7, 11) is 0. The van der Waals surface area contributed by atoms with E-state index in [0.29, 0.717) is 23.0 Å². The molecule has 0 aliphatic carbocycles. The second-order valence-electron chi connectivity index (χ2n) is 3.04. The van der Waals surface area contributed by atoms with Gasteiger partial charge < -0.3 is 0 Å². The van der Waals surface area contributed by atoms with Gasteiger partial charge in [-0.05, 0) is 18.4 Å². The van der Waals surface area contributed by atoms with Crippen LogP contribution >= 0.6 is 62.4 Å². The first-order valence-corrected chi connectivity index (χ1v) is 14.2. The molecule has 0 heterocycles. The zero-order valence-electron chi connectivity index (χ0n) is 11.1. The van der Waals surface area contributed by atoms with Gasteiger partial charge in [-0.2, -0.15) is 0 Å². The van der Waals surface area contributed by atoms with Gasteiger partial charge in [0, 0.05) is 23.0 Å². The summed E-state index contributed by atoms with van der Waals surface area (Å²) in [5.41, 5.74) is 0. The highest BCUT2D eigenvalue weighted by Gasteiger charge is 2.22. The summed E-state index contributed by atoms with van der Waals surface area (Å²) in [5.74, 6) is 2.58. The van der Waals surface area contributed by atoms with Crippen molar-refractivity contribution in [3.8, 4) is 0 Å². The maximum absolute atomic E-state index is 12.5. The molecule has 0 spiro atoms. The molecule has 0 aliphatic rings. The lowest BCUT2D eigenvalue weighted by molar-refractivity contribution is -0.107. The topological polar surface area (TPSA) is 51.2 Å². The first kappa shape index (κ1) is 20.8. The van der Waals surface area contributed by atoms with Crippen LogP contribution in [0.5, 0.6) is 0 Å². The van der Waals surface area contributed by atoms with Gasteiger partial charge in [-0.15, -0.1) is 0 Å². The number of carbonyl (C=O) groups excluding carboxylic acids is 2. The lowest BCUT2D eigenvalue weighted by Gasteiger charge is -2.13. The molecule has 0 unspecified atom stereocenters. The van der Waals surface area contributed by atoms with Gasteiger partial charge in [-0.3, -0.25) is 14.2 Å². The summed E-state index contributed by atoms with van der Waals surface area (Å²) in [4.78, 5) is 22.0. The molecule has 0 saturated carbocycles. The summed E-state index contributed by atoms with van der Waals surface area (Å²) < 4.78 is 10.1. The molecule has 0 aromatic carbocycles. The summed E-state index contributed by atoms with van der Waals surface area (Å²) >= 11 is 6.53. The fourth-order valence-corrected chi connectivity index (χ4v) is 12.3. The highest BCUT2D eigenvalue weighted by Crippen LogP contribution is 2.77. The van der Waals surface area contributed by atoms with E-state index in [1.165, 1.54) is 69.8 Å². The highest BCUT2D eigenvalue weighted by atomic mass is 33.4. The summed E-state index contributed by atoms with van der Waals surface area (Å²) in [6, 6.07) is 0. The molecule has 20 heavy (non-hydrogen) atoms. The molecule has 0 fully saturated rings. The fourth-order valence-electron chi connectivity index (χ4n) is 0.843. The molecule has 0 amide bonds. The number of rotatable bonds is 11. The molecule has 0 aliphatic heterocycles. The number of hydrogen-bond acceptors (Lipinski definition) is 8. The number of carbonyl (C=O) groups is 2. The van der Waals surface area contributed by atoms with Crippen LogP contribution in [0.25, 0.3) is 0 Å². The molecule has 3 nitrogen and oxygen atoms in total. The molecule has 9 heteroatoms. The van der Waals surface area contributed by atoms with E-state index < -0.39 is 4.75 Å². The molecule has 0 N–H and O–H groups in total. The SMILES string of the molecule is C=CC(=O)SCCSP(=O)(SC)SCCSC(=O)C=C. The molecule has 114 valence electrons. The maximum atomic E-state index is 12.5. The Labute approximate surface area is 140 Å². The van der Waals surface area contributed by atoms with E-state index >= 15 is 0 Å². The van der Waals surface area contributed by atoms with Crippen molar-refractivity contribution in [2.75, 3.05) is 29.3 Å². The predicted molar refractivity (Wildman–Crippen MR) is 101 cm³/mol. The average Bonchev–Trinajstić information content (AvgIpc) is 2.47. The molecular weight excluding hydrogens is 371 g/mol. The fraction of sp³-hybridized carbons (Fsp3) is 0.455. The Hall–Kier alpha value is 0.800. The van der Waals surface area contributed by atoms with Crippen LogP contribution in [0.3, 0.4) is 0 Å². The van der Waals surface area contributed by atoms with Gasteiger partial charge in [-0.25, -0.2) is 0 Å². The Kier molecular flexibility index (Phi) is 12.8. The van der Waals surface area contributed by atoms with Crippen molar-refractivity contribution in [2.45, 2.75) is 0 Å². The van der Waals surface area contributed by atoms with Crippen LogP contribution in [0.4, 0.5) is 0 Å². The Morgan fingerprint density at radius 3 is 1.65 bits per heavy atom. The molecule has 0 atom stereocenters. The summed E-state index contributed by atoms with van der Waals surface area (Å²) in [6.07, 6.45) is 4.39. The van der Waals surface area contributed by atoms with Crippen molar-refractivity contribution in [1.29, 1.82) is 0 Å². The van der Waals surface area contributed by atoms with Crippen molar-refractivity contribution in [2.24, 2.45) is 0 Å². The van der Waals surface area contributed by atoms with Gasteiger partial charge in [0.25, 0.3) is 0 Å². The zero-order chi connectivity index (χ0) is 15.4. The first-order chi connectivity index (χ1) is 9.47. The average molecular weight is 389 g/mol. The molecule has 0 aromatic rings. The smallest absolute Gasteiger partial charge is 0.243 e. The summed E-state index contributed by atoms with van der Waals surface area (Å²) in [6.45, 7) is 6.80. The molecule has 0 radical (unpaired) electrons. The molecule has 0 rings (SSSR count). The van der Waals surface area contributed by atoms with Crippen molar-refractivity contribution >= 4 is 72.6 Å². The Morgan fingerprint density at radius 1 is 0.950 bits per heavy atom. The molecule has 0 saturated heterocycles. The highest BCUT2D eigenvalue weighted by molar-refractivity contribution is 9.14. The van der Waals surface area contributed by atoms with Crippen molar-refractivity contribution in [1.82, 2.24) is 0 Å². The molecule has 0 aromatic heterocycles. The van der Waals surface area contributed by atoms with E-state index in [1.54, 1.807) is 0 Å². The van der Waals surface area contributed by atoms with E-state index in [1.807, 2.05) is 6.26 Å². The van der Waals surface area contributed by atoms with E-state index in [9.17, 15) is 14.2 Å². The van der Waals surface area contributed by atoms with Gasteiger partial charge >= 0.3 is 0 Å². The first-order valence-electron chi connectivity index (χ1n) is 5.50. The predicted octanol–water partition coefficient (Wildman–Crippen LogP) is 4.82. The molecular formula is C11H17O3PS5. The number of hydrogen-bond donors (Lipinski definition) is 0. The van der Waals surface area contributed by atoms with Crippen LogP contribution < -0.4 is 0 Å². The van der Waals surface area contributed by atoms with Crippen molar-refractivity contribution < 1.29 is 14.2 Å². The zero-order valence-corrected chi connectivity index (χ0v) is 16.1. The third kappa shape index (κ3) is 10.5. The number of thioether (sulfide) groups is 2. The largest absolute Gasteiger partial charge is 0.289 e. The van der Waals surface area contributed by atoms with Crippen LogP contribution in [0.1, 0.15) is 0 Å². The third-order valence-corrected chi connectivity index (χ3v) is 16.6. The second-order valence-corrected chi connectivity index (χ2v) is 17.2. The van der Waals surface area contributed by atoms with Crippen LogP contribution in [0.2, 0.25) is 0 Å². The van der Waals surface area contributed by atoms with Crippen LogP contribution in [0, 0.1) is 0 Å². The van der Waals surface area contributed by atoms with Gasteiger partial charge in [0.1, 0.15) is 0 Å². The normalized spacial score (nSPS) is 11.1. The van der Waals surface area contributed by atoms with Gasteiger partial charge in [0.15, 0.2) is 0 Å². The van der Waals surface area contributed by atoms with Gasteiger partial charge in [-0.1, -0.05) is 70.8 Å². The van der Waals surface area contributed by atoms with Crippen molar-refractivity contribution in [3.63, 3.8) is 0 Å².